The summed E-state index contributed by atoms with van der Waals surface area (Å²) in [5, 5.41) is 14.2. The van der Waals surface area contributed by atoms with Crippen LogP contribution in [0.25, 0.3) is 0 Å². The van der Waals surface area contributed by atoms with Crippen molar-refractivity contribution in [3.63, 3.8) is 0 Å². The molecule has 2 aromatic carbocycles. The van der Waals surface area contributed by atoms with Gasteiger partial charge in [0.15, 0.2) is 16.5 Å². The molecule has 2 N–H and O–H groups in total. The highest BCUT2D eigenvalue weighted by Crippen LogP contribution is 2.31. The molecular formula is C25H24N4O6S. The first-order valence-corrected chi connectivity index (χ1v) is 11.7. The summed E-state index contributed by atoms with van der Waals surface area (Å²) < 4.78 is 21.6. The summed E-state index contributed by atoms with van der Waals surface area (Å²) in [5.74, 6) is 2.51. The van der Waals surface area contributed by atoms with Gasteiger partial charge in [-0.2, -0.15) is 0 Å². The average Bonchev–Trinajstić information content (AvgIpc) is 3.55. The molecule has 0 saturated heterocycles. The maximum Gasteiger partial charge on any atom is 0.286 e. The van der Waals surface area contributed by atoms with Crippen LogP contribution >= 0.6 is 11.3 Å². The minimum atomic E-state index is -0.407. The highest BCUT2D eigenvalue weighted by Gasteiger charge is 2.15. The zero-order valence-corrected chi connectivity index (χ0v) is 20.7. The van der Waals surface area contributed by atoms with Crippen LogP contribution in [0.3, 0.4) is 0 Å². The number of aryl methyl sites for hydroxylation is 1. The zero-order chi connectivity index (χ0) is 25.5. The zero-order valence-electron chi connectivity index (χ0n) is 19.9. The van der Waals surface area contributed by atoms with Crippen LogP contribution in [0.5, 0.6) is 17.2 Å². The van der Waals surface area contributed by atoms with Crippen LogP contribution in [0.4, 0.5) is 5.69 Å². The summed E-state index contributed by atoms with van der Waals surface area (Å²) in [6, 6.07) is 15.4. The van der Waals surface area contributed by atoms with Gasteiger partial charge in [0.2, 0.25) is 5.01 Å². The lowest BCUT2D eigenvalue weighted by Gasteiger charge is -2.09. The van der Waals surface area contributed by atoms with Gasteiger partial charge in [-0.05, 0) is 55.5 Å². The summed E-state index contributed by atoms with van der Waals surface area (Å²) in [6.07, 6.45) is 0. The molecule has 0 aliphatic carbocycles. The average molecular weight is 509 g/mol. The third-order valence-corrected chi connectivity index (χ3v) is 5.90. The Morgan fingerprint density at radius 2 is 1.72 bits per heavy atom. The van der Waals surface area contributed by atoms with E-state index in [1.165, 1.54) is 0 Å². The minimum absolute atomic E-state index is 0.141. The van der Waals surface area contributed by atoms with Crippen LogP contribution < -0.4 is 24.8 Å². The van der Waals surface area contributed by atoms with Crippen molar-refractivity contribution in [2.24, 2.45) is 0 Å². The maximum atomic E-state index is 12.6. The van der Waals surface area contributed by atoms with Crippen LogP contribution in [-0.2, 0) is 13.2 Å². The molecule has 4 aromatic rings. The van der Waals surface area contributed by atoms with E-state index in [4.69, 9.17) is 18.6 Å². The van der Waals surface area contributed by atoms with Crippen LogP contribution in [0.2, 0.25) is 0 Å². The number of anilines is 1. The Balaban J connectivity index is 1.29. The van der Waals surface area contributed by atoms with Gasteiger partial charge in [-0.1, -0.05) is 11.3 Å². The molecule has 0 aliphatic heterocycles. The van der Waals surface area contributed by atoms with Crippen LogP contribution in [0, 0.1) is 6.92 Å². The third kappa shape index (κ3) is 6.19. The van der Waals surface area contributed by atoms with Crippen molar-refractivity contribution >= 4 is 28.8 Å². The Kier molecular flexibility index (Phi) is 7.81. The van der Waals surface area contributed by atoms with Crippen molar-refractivity contribution in [3.05, 3.63) is 81.7 Å². The smallest absolute Gasteiger partial charge is 0.286 e. The van der Waals surface area contributed by atoms with E-state index in [1.807, 2.05) is 19.1 Å². The molecule has 0 spiro atoms. The van der Waals surface area contributed by atoms with Gasteiger partial charge in [0.1, 0.15) is 23.9 Å². The summed E-state index contributed by atoms with van der Waals surface area (Å²) in [4.78, 5) is 24.9. The van der Waals surface area contributed by atoms with Crippen molar-refractivity contribution in [2.75, 3.05) is 19.5 Å². The summed E-state index contributed by atoms with van der Waals surface area (Å²) in [6.45, 7) is 2.27. The Morgan fingerprint density at radius 3 is 2.42 bits per heavy atom. The predicted octanol–water partition coefficient (Wildman–Crippen LogP) is 4.22. The van der Waals surface area contributed by atoms with Gasteiger partial charge in [0, 0.05) is 17.3 Å². The van der Waals surface area contributed by atoms with E-state index in [9.17, 15) is 9.59 Å². The molecular weight excluding hydrogens is 484 g/mol. The molecule has 4 rings (SSSR count). The molecule has 0 fully saturated rings. The number of nitrogens with one attached hydrogen (secondary N) is 2. The van der Waals surface area contributed by atoms with Gasteiger partial charge in [0.25, 0.3) is 11.8 Å². The SMILES string of the molecule is COc1ccc(OCc2nnc(C(=O)Nc3ccc(C(=O)NCc4ccc(C)o4)cc3)s2)cc1OC. The highest BCUT2D eigenvalue weighted by molar-refractivity contribution is 7.13. The lowest BCUT2D eigenvalue weighted by atomic mass is 10.2. The van der Waals surface area contributed by atoms with Crippen LogP contribution in [-0.4, -0.2) is 36.2 Å². The van der Waals surface area contributed by atoms with Crippen molar-refractivity contribution in [1.82, 2.24) is 15.5 Å². The Bertz CT molecular complexity index is 1350. The van der Waals surface area contributed by atoms with Crippen molar-refractivity contribution in [2.45, 2.75) is 20.1 Å². The first-order valence-electron chi connectivity index (χ1n) is 10.9. The number of furan rings is 1. The molecule has 2 amide bonds. The van der Waals surface area contributed by atoms with Gasteiger partial charge < -0.3 is 29.3 Å². The van der Waals surface area contributed by atoms with E-state index in [-0.39, 0.29) is 17.5 Å². The first kappa shape index (κ1) is 24.7. The number of hydrogen-bond donors (Lipinski definition) is 2. The molecule has 0 bridgehead atoms. The number of ether oxygens (including phenoxy) is 3. The van der Waals surface area contributed by atoms with E-state index >= 15 is 0 Å². The van der Waals surface area contributed by atoms with Crippen LogP contribution in [0.1, 0.15) is 36.7 Å². The Hall–Kier alpha value is -4.38. The summed E-state index contributed by atoms with van der Waals surface area (Å²) in [7, 11) is 3.10. The van der Waals surface area contributed by atoms with Gasteiger partial charge in [-0.3, -0.25) is 9.59 Å². The van der Waals surface area contributed by atoms with E-state index < -0.39 is 5.91 Å². The maximum absolute atomic E-state index is 12.6. The lowest BCUT2D eigenvalue weighted by molar-refractivity contribution is 0.0947. The third-order valence-electron chi connectivity index (χ3n) is 5.00. The number of rotatable bonds is 10. The van der Waals surface area contributed by atoms with Gasteiger partial charge in [-0.25, -0.2) is 0 Å². The second-order valence-corrected chi connectivity index (χ2v) is 8.60. The molecule has 0 aliphatic rings. The summed E-state index contributed by atoms with van der Waals surface area (Å²) in [5.41, 5.74) is 0.985. The molecule has 2 heterocycles. The Labute approximate surface area is 211 Å². The molecule has 0 saturated carbocycles. The quantitative estimate of drug-likeness (QED) is 0.326. The second kappa shape index (κ2) is 11.4. The predicted molar refractivity (Wildman–Crippen MR) is 133 cm³/mol. The summed E-state index contributed by atoms with van der Waals surface area (Å²) >= 11 is 1.12. The number of hydrogen-bond acceptors (Lipinski definition) is 9. The fourth-order valence-corrected chi connectivity index (χ4v) is 3.84. The van der Waals surface area contributed by atoms with E-state index in [0.29, 0.717) is 45.8 Å². The lowest BCUT2D eigenvalue weighted by Crippen LogP contribution is -2.22. The number of aromatic nitrogens is 2. The normalized spacial score (nSPS) is 10.5. The van der Waals surface area contributed by atoms with Crippen molar-refractivity contribution in [1.29, 1.82) is 0 Å². The molecule has 2 aromatic heterocycles. The number of amides is 2. The molecule has 36 heavy (non-hydrogen) atoms. The molecule has 10 nitrogen and oxygen atoms in total. The monoisotopic (exact) mass is 508 g/mol. The first-order chi connectivity index (χ1) is 17.4. The number of benzene rings is 2. The largest absolute Gasteiger partial charge is 0.493 e. The molecule has 11 heteroatoms. The fourth-order valence-electron chi connectivity index (χ4n) is 3.19. The van der Waals surface area contributed by atoms with E-state index in [2.05, 4.69) is 20.8 Å². The molecule has 0 radical (unpaired) electrons. The second-order valence-electron chi connectivity index (χ2n) is 7.53. The Morgan fingerprint density at radius 1 is 0.944 bits per heavy atom. The molecule has 0 atom stereocenters. The number of nitrogens with zero attached hydrogens (tertiary/aromatic N) is 2. The van der Waals surface area contributed by atoms with Crippen molar-refractivity contribution in [3.8, 4) is 17.2 Å². The number of methoxy groups -OCH3 is 2. The highest BCUT2D eigenvalue weighted by atomic mass is 32.1. The number of carbonyl (C=O) groups excluding carboxylic acids is 2. The van der Waals surface area contributed by atoms with E-state index in [0.717, 1.165) is 17.1 Å². The minimum Gasteiger partial charge on any atom is -0.493 e. The topological polar surface area (TPSA) is 125 Å². The fraction of sp³-hybridized carbons (Fsp3) is 0.200. The van der Waals surface area contributed by atoms with E-state index in [1.54, 1.807) is 56.7 Å². The standard InChI is InChI=1S/C25H24N4O6S/c1-15-4-9-19(35-15)13-26-23(30)16-5-7-17(8-6-16)27-24(31)25-29-28-22(36-25)14-34-18-10-11-20(32-2)21(12-18)33-3/h4-12H,13-14H2,1-3H3,(H,26,30)(H,27,31). The number of carbonyl (C=O) groups is 2. The van der Waals surface area contributed by atoms with Gasteiger partial charge in [-0.15, -0.1) is 10.2 Å². The molecule has 186 valence electrons. The van der Waals surface area contributed by atoms with Crippen molar-refractivity contribution < 1.29 is 28.2 Å². The van der Waals surface area contributed by atoms with Crippen LogP contribution in [0.15, 0.2) is 59.0 Å². The van der Waals surface area contributed by atoms with Gasteiger partial charge in [0.05, 0.1) is 20.8 Å². The van der Waals surface area contributed by atoms with Gasteiger partial charge >= 0.3 is 0 Å². The molecule has 0 unspecified atom stereocenters.